The number of pyridine rings is 1. The van der Waals surface area contributed by atoms with Gasteiger partial charge in [-0.15, -0.1) is 0 Å². The van der Waals surface area contributed by atoms with Gasteiger partial charge < -0.3 is 4.74 Å². The van der Waals surface area contributed by atoms with E-state index in [0.29, 0.717) is 5.69 Å². The summed E-state index contributed by atoms with van der Waals surface area (Å²) < 4.78 is 5.18. The largest absolute Gasteiger partial charge is 0.497 e. The standard InChI is InChI=1S/C17H18N2O2/c1-21-15-4-2-13(3-5-15)10-19-9-7-16-14(11-19)6-8-18-17(16)12-20/h2-6,8,12H,7,9-11H2,1H3. The molecule has 0 spiro atoms. The van der Waals surface area contributed by atoms with Crippen molar-refractivity contribution in [1.29, 1.82) is 0 Å². The van der Waals surface area contributed by atoms with Crippen LogP contribution in [0.1, 0.15) is 27.2 Å². The Kier molecular flexibility index (Phi) is 3.97. The zero-order valence-electron chi connectivity index (χ0n) is 12.1. The molecule has 0 saturated carbocycles. The van der Waals surface area contributed by atoms with Crippen LogP contribution in [-0.4, -0.2) is 29.8 Å². The number of aldehydes is 1. The van der Waals surface area contributed by atoms with Crippen molar-refractivity contribution in [3.05, 3.63) is 58.9 Å². The molecule has 0 bridgehead atoms. The van der Waals surface area contributed by atoms with Gasteiger partial charge in [-0.1, -0.05) is 12.1 Å². The zero-order chi connectivity index (χ0) is 14.7. The molecule has 1 aromatic carbocycles. The van der Waals surface area contributed by atoms with Crippen molar-refractivity contribution in [3.63, 3.8) is 0 Å². The van der Waals surface area contributed by atoms with Gasteiger partial charge in [-0.3, -0.25) is 14.7 Å². The Morgan fingerprint density at radius 2 is 2.10 bits per heavy atom. The van der Waals surface area contributed by atoms with Gasteiger partial charge in [0, 0.05) is 25.8 Å². The Balaban J connectivity index is 1.72. The minimum Gasteiger partial charge on any atom is -0.497 e. The fourth-order valence-corrected chi connectivity index (χ4v) is 2.80. The van der Waals surface area contributed by atoms with E-state index in [9.17, 15) is 4.79 Å². The van der Waals surface area contributed by atoms with Crippen molar-refractivity contribution in [2.24, 2.45) is 0 Å². The average molecular weight is 282 g/mol. The van der Waals surface area contributed by atoms with Crippen LogP contribution < -0.4 is 4.74 Å². The van der Waals surface area contributed by atoms with Crippen LogP contribution in [0, 0.1) is 0 Å². The van der Waals surface area contributed by atoms with Gasteiger partial charge >= 0.3 is 0 Å². The topological polar surface area (TPSA) is 42.4 Å². The third kappa shape index (κ3) is 2.95. The number of hydrogen-bond donors (Lipinski definition) is 0. The molecule has 0 saturated heterocycles. The van der Waals surface area contributed by atoms with Crippen molar-refractivity contribution in [3.8, 4) is 5.75 Å². The summed E-state index contributed by atoms with van der Waals surface area (Å²) >= 11 is 0. The molecule has 2 aromatic rings. The first-order chi connectivity index (χ1) is 10.3. The molecule has 0 amide bonds. The van der Waals surface area contributed by atoms with E-state index < -0.39 is 0 Å². The first-order valence-corrected chi connectivity index (χ1v) is 7.07. The molecule has 2 heterocycles. The van der Waals surface area contributed by atoms with E-state index in [4.69, 9.17) is 4.74 Å². The lowest BCUT2D eigenvalue weighted by Crippen LogP contribution is -2.30. The summed E-state index contributed by atoms with van der Waals surface area (Å²) in [5, 5.41) is 0. The molecule has 0 unspecified atom stereocenters. The number of aromatic nitrogens is 1. The SMILES string of the molecule is COc1ccc(CN2CCc3c(ccnc3C=O)C2)cc1. The first-order valence-electron chi connectivity index (χ1n) is 7.07. The van der Waals surface area contributed by atoms with Crippen molar-refractivity contribution >= 4 is 6.29 Å². The number of hydrogen-bond acceptors (Lipinski definition) is 4. The molecule has 4 heteroatoms. The van der Waals surface area contributed by atoms with Gasteiger partial charge in [0.2, 0.25) is 0 Å². The summed E-state index contributed by atoms with van der Waals surface area (Å²) in [5.74, 6) is 0.879. The van der Waals surface area contributed by atoms with Crippen molar-refractivity contribution in [1.82, 2.24) is 9.88 Å². The highest BCUT2D eigenvalue weighted by Crippen LogP contribution is 2.22. The molecular weight excluding hydrogens is 264 g/mol. The first kappa shape index (κ1) is 13.8. The lowest BCUT2D eigenvalue weighted by atomic mass is 9.98. The maximum atomic E-state index is 11.0. The molecule has 1 aliphatic heterocycles. The lowest BCUT2D eigenvalue weighted by Gasteiger charge is -2.29. The summed E-state index contributed by atoms with van der Waals surface area (Å²) in [4.78, 5) is 17.5. The van der Waals surface area contributed by atoms with E-state index in [1.54, 1.807) is 13.3 Å². The second-order valence-corrected chi connectivity index (χ2v) is 5.26. The lowest BCUT2D eigenvalue weighted by molar-refractivity contribution is 0.111. The van der Waals surface area contributed by atoms with Gasteiger partial charge in [-0.2, -0.15) is 0 Å². The van der Waals surface area contributed by atoms with Crippen LogP contribution >= 0.6 is 0 Å². The normalized spacial score (nSPS) is 14.5. The average Bonchev–Trinajstić information content (AvgIpc) is 2.54. The van der Waals surface area contributed by atoms with E-state index in [2.05, 4.69) is 22.0 Å². The summed E-state index contributed by atoms with van der Waals surface area (Å²) in [6.07, 6.45) is 3.46. The summed E-state index contributed by atoms with van der Waals surface area (Å²) in [5.41, 5.74) is 4.19. The highest BCUT2D eigenvalue weighted by Gasteiger charge is 2.19. The van der Waals surface area contributed by atoms with Gasteiger partial charge in [-0.05, 0) is 41.3 Å². The number of fused-ring (bicyclic) bond motifs is 1. The maximum absolute atomic E-state index is 11.0. The second-order valence-electron chi connectivity index (χ2n) is 5.26. The number of benzene rings is 1. The van der Waals surface area contributed by atoms with E-state index in [1.165, 1.54) is 11.1 Å². The maximum Gasteiger partial charge on any atom is 0.168 e. The molecule has 1 aliphatic rings. The van der Waals surface area contributed by atoms with Crippen molar-refractivity contribution in [2.45, 2.75) is 19.5 Å². The minimum atomic E-state index is 0.594. The van der Waals surface area contributed by atoms with Gasteiger partial charge in [0.25, 0.3) is 0 Å². The molecule has 0 aliphatic carbocycles. The van der Waals surface area contributed by atoms with Crippen LogP contribution in [-0.2, 0) is 19.5 Å². The number of carbonyl (C=O) groups is 1. The predicted octanol–water partition coefficient (Wildman–Crippen LogP) is 2.46. The van der Waals surface area contributed by atoms with Crippen LogP contribution in [0.4, 0.5) is 0 Å². The predicted molar refractivity (Wildman–Crippen MR) is 80.4 cm³/mol. The molecule has 0 radical (unpaired) electrons. The Morgan fingerprint density at radius 1 is 1.29 bits per heavy atom. The zero-order valence-corrected chi connectivity index (χ0v) is 12.1. The number of ether oxygens (including phenoxy) is 1. The second kappa shape index (κ2) is 6.06. The Labute approximate surface area is 124 Å². The highest BCUT2D eigenvalue weighted by molar-refractivity contribution is 5.75. The summed E-state index contributed by atoms with van der Waals surface area (Å²) in [6.45, 7) is 2.72. The molecule has 0 fully saturated rings. The van der Waals surface area contributed by atoms with Crippen LogP contribution in [0.25, 0.3) is 0 Å². The summed E-state index contributed by atoms with van der Waals surface area (Å²) in [7, 11) is 1.68. The number of carbonyl (C=O) groups excluding carboxylic acids is 1. The highest BCUT2D eigenvalue weighted by atomic mass is 16.5. The number of methoxy groups -OCH3 is 1. The Bertz CT molecular complexity index is 638. The minimum absolute atomic E-state index is 0.594. The monoisotopic (exact) mass is 282 g/mol. The Hall–Kier alpha value is -2.20. The smallest absolute Gasteiger partial charge is 0.168 e. The molecule has 108 valence electrons. The van der Waals surface area contributed by atoms with Crippen molar-refractivity contribution < 1.29 is 9.53 Å². The van der Waals surface area contributed by atoms with Crippen LogP contribution in [0.2, 0.25) is 0 Å². The third-order valence-electron chi connectivity index (χ3n) is 3.93. The van der Waals surface area contributed by atoms with Crippen molar-refractivity contribution in [2.75, 3.05) is 13.7 Å². The van der Waals surface area contributed by atoms with Crippen LogP contribution in [0.3, 0.4) is 0 Å². The fraction of sp³-hybridized carbons (Fsp3) is 0.294. The van der Waals surface area contributed by atoms with E-state index in [-0.39, 0.29) is 0 Å². The molecule has 1 aromatic heterocycles. The molecule has 21 heavy (non-hydrogen) atoms. The molecule has 0 atom stereocenters. The van der Waals surface area contributed by atoms with E-state index in [0.717, 1.165) is 43.7 Å². The molecular formula is C17H18N2O2. The van der Waals surface area contributed by atoms with E-state index in [1.807, 2.05) is 18.2 Å². The van der Waals surface area contributed by atoms with Crippen LogP contribution in [0.5, 0.6) is 5.75 Å². The van der Waals surface area contributed by atoms with Gasteiger partial charge in [0.1, 0.15) is 11.4 Å². The number of rotatable bonds is 4. The Morgan fingerprint density at radius 3 is 2.81 bits per heavy atom. The van der Waals surface area contributed by atoms with E-state index >= 15 is 0 Å². The molecule has 0 N–H and O–H groups in total. The third-order valence-corrected chi connectivity index (χ3v) is 3.93. The fourth-order valence-electron chi connectivity index (χ4n) is 2.80. The quantitative estimate of drug-likeness (QED) is 0.808. The van der Waals surface area contributed by atoms with Crippen LogP contribution in [0.15, 0.2) is 36.5 Å². The van der Waals surface area contributed by atoms with Gasteiger partial charge in [0.05, 0.1) is 7.11 Å². The molecule has 4 nitrogen and oxygen atoms in total. The summed E-state index contributed by atoms with van der Waals surface area (Å²) in [6, 6.07) is 10.2. The molecule has 3 rings (SSSR count). The number of nitrogens with zero attached hydrogens (tertiary/aromatic N) is 2. The van der Waals surface area contributed by atoms with Gasteiger partial charge in [-0.25, -0.2) is 0 Å². The van der Waals surface area contributed by atoms with Gasteiger partial charge in [0.15, 0.2) is 6.29 Å².